The molecule has 2 rings (SSSR count). The molecule has 1 aromatic heterocycles. The second kappa shape index (κ2) is 8.50. The monoisotopic (exact) mass is 393 g/mol. The Morgan fingerprint density at radius 3 is 2.54 bits per heavy atom. The molecule has 7 nitrogen and oxygen atoms in total. The standard InChI is InChI=1S/C17H23N5O2S2/c1-10-6-7-12(8-11(10)2)18-15-21-22-16(26-15)25-9-13(23)19-14(24)20-17(3,4)5/h6-8H,9H2,1-5H3,(H,18,21)(H2,19,20,23,24). The maximum absolute atomic E-state index is 11.8. The van der Waals surface area contributed by atoms with Gasteiger partial charge in [-0.05, 0) is 57.9 Å². The molecule has 26 heavy (non-hydrogen) atoms. The molecule has 0 aliphatic heterocycles. The summed E-state index contributed by atoms with van der Waals surface area (Å²) in [4.78, 5) is 23.5. The number of imide groups is 1. The first-order valence-corrected chi connectivity index (χ1v) is 9.85. The molecular weight excluding hydrogens is 370 g/mol. The average molecular weight is 394 g/mol. The second-order valence-corrected chi connectivity index (χ2v) is 9.04. The van der Waals surface area contributed by atoms with Crippen LogP contribution in [0.4, 0.5) is 15.6 Å². The molecule has 0 saturated carbocycles. The predicted molar refractivity (Wildman–Crippen MR) is 106 cm³/mol. The molecule has 0 atom stereocenters. The van der Waals surface area contributed by atoms with Crippen LogP contribution in [0.2, 0.25) is 0 Å². The van der Waals surface area contributed by atoms with Crippen molar-refractivity contribution in [3.05, 3.63) is 29.3 Å². The van der Waals surface area contributed by atoms with Crippen LogP contribution in [0.5, 0.6) is 0 Å². The van der Waals surface area contributed by atoms with E-state index in [1.165, 1.54) is 34.2 Å². The molecule has 0 aliphatic carbocycles. The number of carbonyl (C=O) groups is 2. The SMILES string of the molecule is Cc1ccc(Nc2nnc(SCC(=O)NC(=O)NC(C)(C)C)s2)cc1C. The number of anilines is 2. The van der Waals surface area contributed by atoms with Gasteiger partial charge >= 0.3 is 6.03 Å². The summed E-state index contributed by atoms with van der Waals surface area (Å²) in [5.41, 5.74) is 2.97. The van der Waals surface area contributed by atoms with E-state index in [1.807, 2.05) is 39.0 Å². The van der Waals surface area contributed by atoms with Crippen molar-refractivity contribution in [1.82, 2.24) is 20.8 Å². The van der Waals surface area contributed by atoms with E-state index >= 15 is 0 Å². The number of urea groups is 1. The zero-order chi connectivity index (χ0) is 19.3. The third kappa shape index (κ3) is 6.64. The lowest BCUT2D eigenvalue weighted by Crippen LogP contribution is -2.48. The highest BCUT2D eigenvalue weighted by Crippen LogP contribution is 2.28. The number of benzene rings is 1. The van der Waals surface area contributed by atoms with E-state index in [-0.39, 0.29) is 11.7 Å². The van der Waals surface area contributed by atoms with Crippen molar-refractivity contribution in [2.45, 2.75) is 44.5 Å². The number of carbonyl (C=O) groups excluding carboxylic acids is 2. The average Bonchev–Trinajstić information content (AvgIpc) is 2.94. The van der Waals surface area contributed by atoms with Crippen LogP contribution in [0.1, 0.15) is 31.9 Å². The molecule has 1 aromatic carbocycles. The van der Waals surface area contributed by atoms with E-state index in [0.717, 1.165) is 5.69 Å². The summed E-state index contributed by atoms with van der Waals surface area (Å²) in [6, 6.07) is 5.57. The highest BCUT2D eigenvalue weighted by molar-refractivity contribution is 8.01. The van der Waals surface area contributed by atoms with Gasteiger partial charge in [-0.15, -0.1) is 10.2 Å². The minimum absolute atomic E-state index is 0.0931. The van der Waals surface area contributed by atoms with Gasteiger partial charge in [0.2, 0.25) is 11.0 Å². The molecule has 140 valence electrons. The van der Waals surface area contributed by atoms with Crippen molar-refractivity contribution in [2.24, 2.45) is 0 Å². The predicted octanol–water partition coefficient (Wildman–Crippen LogP) is 3.61. The maximum Gasteiger partial charge on any atom is 0.321 e. The number of rotatable bonds is 5. The molecule has 3 amide bonds. The van der Waals surface area contributed by atoms with Crippen LogP contribution in [-0.4, -0.2) is 33.4 Å². The van der Waals surface area contributed by atoms with Crippen LogP contribution < -0.4 is 16.0 Å². The van der Waals surface area contributed by atoms with E-state index in [1.54, 1.807) is 0 Å². The molecule has 0 unspecified atom stereocenters. The molecule has 0 aliphatic rings. The highest BCUT2D eigenvalue weighted by atomic mass is 32.2. The number of aryl methyl sites for hydroxylation is 2. The van der Waals surface area contributed by atoms with Crippen molar-refractivity contribution >= 4 is 45.9 Å². The van der Waals surface area contributed by atoms with Crippen LogP contribution in [-0.2, 0) is 4.79 Å². The van der Waals surface area contributed by atoms with Crippen molar-refractivity contribution in [2.75, 3.05) is 11.1 Å². The van der Waals surface area contributed by atoms with Gasteiger partial charge in [-0.1, -0.05) is 29.2 Å². The Morgan fingerprint density at radius 1 is 1.15 bits per heavy atom. The quantitative estimate of drug-likeness (QED) is 0.672. The van der Waals surface area contributed by atoms with Crippen molar-refractivity contribution in [3.8, 4) is 0 Å². The fourth-order valence-corrected chi connectivity index (χ4v) is 3.50. The first-order chi connectivity index (χ1) is 12.1. The summed E-state index contributed by atoms with van der Waals surface area (Å²) in [7, 11) is 0. The Labute approximate surface area is 161 Å². The van der Waals surface area contributed by atoms with Crippen LogP contribution in [0, 0.1) is 13.8 Å². The first-order valence-electron chi connectivity index (χ1n) is 8.05. The number of nitrogens with zero attached hydrogens (tertiary/aromatic N) is 2. The lowest BCUT2D eigenvalue weighted by Gasteiger charge is -2.20. The van der Waals surface area contributed by atoms with Gasteiger partial charge in [-0.2, -0.15) is 0 Å². The molecule has 0 spiro atoms. The van der Waals surface area contributed by atoms with Gasteiger partial charge in [0.25, 0.3) is 0 Å². The second-order valence-electron chi connectivity index (χ2n) is 6.84. The van der Waals surface area contributed by atoms with Crippen LogP contribution in [0.15, 0.2) is 22.5 Å². The molecule has 3 N–H and O–H groups in total. The minimum Gasteiger partial charge on any atom is -0.333 e. The van der Waals surface area contributed by atoms with Gasteiger partial charge in [0.15, 0.2) is 4.34 Å². The summed E-state index contributed by atoms with van der Waals surface area (Å²) >= 11 is 2.60. The maximum atomic E-state index is 11.8. The van der Waals surface area contributed by atoms with Gasteiger partial charge in [-0.3, -0.25) is 10.1 Å². The van der Waals surface area contributed by atoms with Crippen molar-refractivity contribution < 1.29 is 9.59 Å². The number of hydrogen-bond donors (Lipinski definition) is 3. The van der Waals surface area contributed by atoms with Gasteiger partial charge in [0.05, 0.1) is 5.75 Å². The summed E-state index contributed by atoms with van der Waals surface area (Å²) < 4.78 is 0.655. The van der Waals surface area contributed by atoms with Gasteiger partial charge < -0.3 is 10.6 Å². The zero-order valence-electron chi connectivity index (χ0n) is 15.5. The van der Waals surface area contributed by atoms with Crippen LogP contribution in [0.25, 0.3) is 0 Å². The number of nitrogens with one attached hydrogen (secondary N) is 3. The number of amides is 3. The Hall–Kier alpha value is -2.13. The van der Waals surface area contributed by atoms with Crippen LogP contribution in [0.3, 0.4) is 0 Å². The molecule has 0 saturated heterocycles. The van der Waals surface area contributed by atoms with Crippen molar-refractivity contribution in [3.63, 3.8) is 0 Å². The fourth-order valence-electron chi connectivity index (χ4n) is 1.92. The Kier molecular flexibility index (Phi) is 6.60. The van der Waals surface area contributed by atoms with Crippen molar-refractivity contribution in [1.29, 1.82) is 0 Å². The summed E-state index contributed by atoms with van der Waals surface area (Å²) in [5, 5.41) is 17.0. The topological polar surface area (TPSA) is 96.0 Å². The Bertz CT molecular complexity index is 799. The molecule has 1 heterocycles. The van der Waals surface area contributed by atoms with E-state index in [9.17, 15) is 9.59 Å². The highest BCUT2D eigenvalue weighted by Gasteiger charge is 2.16. The Balaban J connectivity index is 1.83. The first kappa shape index (κ1) is 20.2. The summed E-state index contributed by atoms with van der Waals surface area (Å²) in [6.07, 6.45) is 0. The van der Waals surface area contributed by atoms with E-state index in [0.29, 0.717) is 9.47 Å². The number of aromatic nitrogens is 2. The molecule has 0 radical (unpaired) electrons. The smallest absolute Gasteiger partial charge is 0.321 e. The fraction of sp³-hybridized carbons (Fsp3) is 0.412. The van der Waals surface area contributed by atoms with Crippen LogP contribution >= 0.6 is 23.1 Å². The summed E-state index contributed by atoms with van der Waals surface area (Å²) in [6.45, 7) is 9.65. The lowest BCUT2D eigenvalue weighted by molar-refractivity contribution is -0.117. The molecule has 9 heteroatoms. The van der Waals surface area contributed by atoms with E-state index in [2.05, 4.69) is 40.0 Å². The molecule has 0 bridgehead atoms. The molecular formula is C17H23N5O2S2. The number of thioether (sulfide) groups is 1. The number of hydrogen-bond acceptors (Lipinski definition) is 7. The third-order valence-corrected chi connectivity index (χ3v) is 5.20. The van der Waals surface area contributed by atoms with E-state index < -0.39 is 11.6 Å². The van der Waals surface area contributed by atoms with E-state index in [4.69, 9.17) is 0 Å². The molecule has 2 aromatic rings. The van der Waals surface area contributed by atoms with Gasteiger partial charge in [-0.25, -0.2) is 4.79 Å². The Morgan fingerprint density at radius 2 is 1.88 bits per heavy atom. The zero-order valence-corrected chi connectivity index (χ0v) is 17.1. The largest absolute Gasteiger partial charge is 0.333 e. The minimum atomic E-state index is -0.502. The van der Waals surface area contributed by atoms with Gasteiger partial charge in [0.1, 0.15) is 0 Å². The summed E-state index contributed by atoms with van der Waals surface area (Å²) in [5.74, 6) is -0.286. The lowest BCUT2D eigenvalue weighted by atomic mass is 10.1. The van der Waals surface area contributed by atoms with Gasteiger partial charge in [0, 0.05) is 11.2 Å². The molecule has 0 fully saturated rings. The normalized spacial score (nSPS) is 11.1. The third-order valence-electron chi connectivity index (χ3n) is 3.23.